The number of pyridine rings is 1. The van der Waals surface area contributed by atoms with Gasteiger partial charge in [0, 0.05) is 16.9 Å². The molecule has 1 unspecified atom stereocenters. The second-order valence-corrected chi connectivity index (χ2v) is 6.87. The van der Waals surface area contributed by atoms with Gasteiger partial charge in [-0.1, -0.05) is 28.1 Å². The number of methoxy groups -OCH3 is 1. The van der Waals surface area contributed by atoms with Crippen molar-refractivity contribution >= 4 is 33.5 Å². The monoisotopic (exact) mass is 415 g/mol. The van der Waals surface area contributed by atoms with Gasteiger partial charge in [-0.3, -0.25) is 9.59 Å². The molecule has 3 aromatic rings. The fourth-order valence-electron chi connectivity index (χ4n) is 2.65. The molecule has 2 heterocycles. The molecule has 1 aromatic carbocycles. The van der Waals surface area contributed by atoms with E-state index in [1.54, 1.807) is 10.6 Å². The topological polar surface area (TPSA) is 72.7 Å². The molecule has 6 nitrogen and oxygen atoms in total. The molecule has 1 amide bonds. The zero-order chi connectivity index (χ0) is 18.7. The molecular formula is C19H18BrN3O3. The van der Waals surface area contributed by atoms with Gasteiger partial charge in [0.2, 0.25) is 0 Å². The van der Waals surface area contributed by atoms with Crippen molar-refractivity contribution in [2.75, 3.05) is 7.11 Å². The normalized spacial score (nSPS) is 12.0. The van der Waals surface area contributed by atoms with Crippen LogP contribution in [0.15, 0.2) is 53.3 Å². The second kappa shape index (κ2) is 7.70. The number of nitrogens with one attached hydrogen (secondary N) is 1. The Hall–Kier alpha value is -2.67. The number of ether oxygens (including phenoxy) is 1. The number of fused-ring (bicyclic) bond motifs is 1. The Kier molecular flexibility index (Phi) is 5.37. The standard InChI is InChI=1S/C19H18BrN3O3/c1-12-6-7-23-11-16(21-17(23)8-12)19(25)22-15(10-18(24)26-2)13-4-3-5-14(20)9-13/h3-9,11,15H,10H2,1-2H3,(H,22,25). The van der Waals surface area contributed by atoms with E-state index in [-0.39, 0.29) is 12.3 Å². The largest absolute Gasteiger partial charge is 0.469 e. The van der Waals surface area contributed by atoms with Gasteiger partial charge < -0.3 is 14.5 Å². The number of halogens is 1. The minimum Gasteiger partial charge on any atom is -0.469 e. The lowest BCUT2D eigenvalue weighted by molar-refractivity contribution is -0.141. The lowest BCUT2D eigenvalue weighted by Gasteiger charge is -2.18. The number of hydrogen-bond donors (Lipinski definition) is 1. The highest BCUT2D eigenvalue weighted by molar-refractivity contribution is 9.10. The summed E-state index contributed by atoms with van der Waals surface area (Å²) in [5, 5.41) is 2.88. The molecule has 3 rings (SSSR count). The lowest BCUT2D eigenvalue weighted by Crippen LogP contribution is -2.30. The van der Waals surface area contributed by atoms with Crippen LogP contribution in [0.1, 0.15) is 34.1 Å². The predicted molar refractivity (Wildman–Crippen MR) is 101 cm³/mol. The summed E-state index contributed by atoms with van der Waals surface area (Å²) in [5.41, 5.74) is 2.85. The number of aryl methyl sites for hydroxylation is 1. The number of aromatic nitrogens is 2. The van der Waals surface area contributed by atoms with Crippen LogP contribution < -0.4 is 5.32 Å². The molecule has 1 atom stereocenters. The average Bonchev–Trinajstić information content (AvgIpc) is 3.04. The Bertz CT molecular complexity index is 968. The van der Waals surface area contributed by atoms with Crippen molar-refractivity contribution in [2.45, 2.75) is 19.4 Å². The molecule has 2 aromatic heterocycles. The first-order valence-electron chi connectivity index (χ1n) is 8.05. The summed E-state index contributed by atoms with van der Waals surface area (Å²) >= 11 is 3.41. The molecule has 0 fully saturated rings. The number of nitrogens with zero attached hydrogens (tertiary/aromatic N) is 2. The van der Waals surface area contributed by atoms with Gasteiger partial charge >= 0.3 is 5.97 Å². The number of carbonyl (C=O) groups excluding carboxylic acids is 2. The zero-order valence-electron chi connectivity index (χ0n) is 14.4. The Morgan fingerprint density at radius 3 is 2.85 bits per heavy atom. The Balaban J connectivity index is 1.86. The maximum absolute atomic E-state index is 12.7. The highest BCUT2D eigenvalue weighted by Crippen LogP contribution is 2.22. The van der Waals surface area contributed by atoms with E-state index in [1.165, 1.54) is 7.11 Å². The van der Waals surface area contributed by atoms with E-state index in [2.05, 4.69) is 26.2 Å². The van der Waals surface area contributed by atoms with Crippen molar-refractivity contribution in [3.8, 4) is 0 Å². The Morgan fingerprint density at radius 1 is 1.31 bits per heavy atom. The first-order chi connectivity index (χ1) is 12.5. The van der Waals surface area contributed by atoms with Gasteiger partial charge in [0.25, 0.3) is 5.91 Å². The average molecular weight is 416 g/mol. The van der Waals surface area contributed by atoms with Crippen LogP contribution in [0.4, 0.5) is 0 Å². The third-order valence-corrected chi connectivity index (χ3v) is 4.50. The van der Waals surface area contributed by atoms with Crippen molar-refractivity contribution in [3.05, 3.63) is 70.1 Å². The number of benzene rings is 1. The lowest BCUT2D eigenvalue weighted by atomic mass is 10.0. The summed E-state index contributed by atoms with van der Waals surface area (Å²) in [5.74, 6) is -0.749. The first-order valence-corrected chi connectivity index (χ1v) is 8.84. The molecule has 0 aliphatic carbocycles. The van der Waals surface area contributed by atoms with Gasteiger partial charge in [0.05, 0.1) is 19.6 Å². The molecule has 0 aliphatic heterocycles. The van der Waals surface area contributed by atoms with Gasteiger partial charge in [0.15, 0.2) is 0 Å². The molecule has 0 radical (unpaired) electrons. The van der Waals surface area contributed by atoms with E-state index in [0.717, 1.165) is 15.6 Å². The number of imidazole rings is 1. The molecule has 134 valence electrons. The van der Waals surface area contributed by atoms with E-state index in [0.29, 0.717) is 11.3 Å². The number of amides is 1. The minimum atomic E-state index is -0.515. The molecule has 1 N–H and O–H groups in total. The van der Waals surface area contributed by atoms with Gasteiger partial charge in [-0.05, 0) is 42.3 Å². The molecule has 0 saturated carbocycles. The number of hydrogen-bond acceptors (Lipinski definition) is 4. The summed E-state index contributed by atoms with van der Waals surface area (Å²) < 4.78 is 7.41. The fourth-order valence-corrected chi connectivity index (χ4v) is 3.07. The summed E-state index contributed by atoms with van der Waals surface area (Å²) in [4.78, 5) is 28.8. The summed E-state index contributed by atoms with van der Waals surface area (Å²) in [7, 11) is 1.33. The quantitative estimate of drug-likeness (QED) is 0.647. The van der Waals surface area contributed by atoms with Crippen LogP contribution in [0.25, 0.3) is 5.65 Å². The van der Waals surface area contributed by atoms with Crippen LogP contribution in [-0.4, -0.2) is 28.4 Å². The highest BCUT2D eigenvalue weighted by Gasteiger charge is 2.21. The van der Waals surface area contributed by atoms with E-state index >= 15 is 0 Å². The number of carbonyl (C=O) groups is 2. The third kappa shape index (κ3) is 4.11. The molecule has 0 aliphatic rings. The number of esters is 1. The second-order valence-electron chi connectivity index (χ2n) is 5.96. The number of rotatable bonds is 5. The van der Waals surface area contributed by atoms with Crippen molar-refractivity contribution in [2.24, 2.45) is 0 Å². The Labute approximate surface area is 159 Å². The van der Waals surface area contributed by atoms with Gasteiger partial charge in [-0.2, -0.15) is 0 Å². The third-order valence-electron chi connectivity index (χ3n) is 4.00. The maximum atomic E-state index is 12.7. The van der Waals surface area contributed by atoms with E-state index < -0.39 is 12.0 Å². The van der Waals surface area contributed by atoms with Crippen molar-refractivity contribution in [1.29, 1.82) is 0 Å². The molecule has 26 heavy (non-hydrogen) atoms. The summed E-state index contributed by atoms with van der Waals surface area (Å²) in [6, 6.07) is 10.8. The van der Waals surface area contributed by atoms with E-state index in [1.807, 2.05) is 49.5 Å². The SMILES string of the molecule is COC(=O)CC(NC(=O)c1cn2ccc(C)cc2n1)c1cccc(Br)c1. The smallest absolute Gasteiger partial charge is 0.307 e. The van der Waals surface area contributed by atoms with Crippen molar-refractivity contribution in [3.63, 3.8) is 0 Å². The Morgan fingerprint density at radius 2 is 2.12 bits per heavy atom. The fraction of sp³-hybridized carbons (Fsp3) is 0.211. The zero-order valence-corrected chi connectivity index (χ0v) is 16.0. The molecule has 7 heteroatoms. The summed E-state index contributed by atoms with van der Waals surface area (Å²) in [6.07, 6.45) is 3.56. The summed E-state index contributed by atoms with van der Waals surface area (Å²) in [6.45, 7) is 1.97. The van der Waals surface area contributed by atoms with Crippen LogP contribution in [0, 0.1) is 6.92 Å². The van der Waals surface area contributed by atoms with Gasteiger partial charge in [0.1, 0.15) is 11.3 Å². The van der Waals surface area contributed by atoms with Crippen LogP contribution in [0.2, 0.25) is 0 Å². The maximum Gasteiger partial charge on any atom is 0.307 e. The first kappa shape index (κ1) is 18.1. The predicted octanol–water partition coefficient (Wildman–Crippen LogP) is 3.44. The van der Waals surface area contributed by atoms with Crippen molar-refractivity contribution < 1.29 is 14.3 Å². The van der Waals surface area contributed by atoms with Crippen LogP contribution in [0.3, 0.4) is 0 Å². The van der Waals surface area contributed by atoms with Crippen LogP contribution >= 0.6 is 15.9 Å². The van der Waals surface area contributed by atoms with Crippen molar-refractivity contribution in [1.82, 2.24) is 14.7 Å². The molecule has 0 bridgehead atoms. The highest BCUT2D eigenvalue weighted by atomic mass is 79.9. The molecule has 0 saturated heterocycles. The molecule has 0 spiro atoms. The van der Waals surface area contributed by atoms with E-state index in [4.69, 9.17) is 4.74 Å². The van der Waals surface area contributed by atoms with Gasteiger partial charge in [-0.15, -0.1) is 0 Å². The van der Waals surface area contributed by atoms with Gasteiger partial charge in [-0.25, -0.2) is 4.98 Å². The van der Waals surface area contributed by atoms with Crippen LogP contribution in [-0.2, 0) is 9.53 Å². The minimum absolute atomic E-state index is 0.0329. The van der Waals surface area contributed by atoms with Crippen LogP contribution in [0.5, 0.6) is 0 Å². The molecular weight excluding hydrogens is 398 g/mol. The van der Waals surface area contributed by atoms with E-state index in [9.17, 15) is 9.59 Å².